The average Bonchev–Trinajstić information content (AvgIpc) is 3.08. The summed E-state index contributed by atoms with van der Waals surface area (Å²) in [5.74, 6) is 1.13. The van der Waals surface area contributed by atoms with E-state index in [1.165, 1.54) is 81.3 Å². The Kier molecular flexibility index (Phi) is 6.46. The number of aryl methyl sites for hydroxylation is 2. The van der Waals surface area contributed by atoms with Crippen LogP contribution in [0.5, 0.6) is 5.75 Å². The summed E-state index contributed by atoms with van der Waals surface area (Å²) in [6, 6.07) is 11.3. The zero-order valence-electron chi connectivity index (χ0n) is 17.9. The van der Waals surface area contributed by atoms with E-state index in [1.54, 1.807) is 5.30 Å². The van der Waals surface area contributed by atoms with Gasteiger partial charge < -0.3 is 9.30 Å². The number of hydrogen-bond donors (Lipinski definition) is 0. The van der Waals surface area contributed by atoms with Crippen molar-refractivity contribution in [3.05, 3.63) is 41.7 Å². The highest BCUT2D eigenvalue weighted by atomic mass is 31.1. The number of rotatable bonds is 5. The molecule has 2 aromatic rings. The topological polar surface area (TPSA) is 14.2 Å². The summed E-state index contributed by atoms with van der Waals surface area (Å²) in [4.78, 5) is 0. The van der Waals surface area contributed by atoms with Gasteiger partial charge in [-0.3, -0.25) is 0 Å². The molecule has 0 amide bonds. The Morgan fingerprint density at radius 2 is 1.32 bits per heavy atom. The number of ether oxygens (including phenoxy) is 1. The lowest BCUT2D eigenvalue weighted by Crippen LogP contribution is -2.29. The van der Waals surface area contributed by atoms with Gasteiger partial charge in [0.05, 0.1) is 12.8 Å². The maximum Gasteiger partial charge on any atom is 0.128 e. The van der Waals surface area contributed by atoms with Crippen molar-refractivity contribution in [3.63, 3.8) is 0 Å². The monoisotopic (exact) mass is 397 g/mol. The molecule has 4 rings (SSSR count). The van der Waals surface area contributed by atoms with Crippen LogP contribution in [0.2, 0.25) is 0 Å². The number of hydrogen-bond acceptors (Lipinski definition) is 1. The Labute approximate surface area is 172 Å². The van der Waals surface area contributed by atoms with Crippen LogP contribution < -0.4 is 10.0 Å². The fourth-order valence-electron chi connectivity index (χ4n) is 5.55. The molecule has 0 bridgehead atoms. The molecule has 28 heavy (non-hydrogen) atoms. The summed E-state index contributed by atoms with van der Waals surface area (Å²) in [7, 11) is 1.65. The molecule has 0 N–H and O–H groups in total. The Bertz CT molecular complexity index is 746. The summed E-state index contributed by atoms with van der Waals surface area (Å²) >= 11 is 0. The van der Waals surface area contributed by atoms with Gasteiger partial charge >= 0.3 is 0 Å². The summed E-state index contributed by atoms with van der Waals surface area (Å²) in [6.07, 6.45) is 14.2. The van der Waals surface area contributed by atoms with Crippen molar-refractivity contribution >= 4 is 13.2 Å². The number of nitrogens with zero attached hydrogens (tertiary/aromatic N) is 1. The lowest BCUT2D eigenvalue weighted by Gasteiger charge is -2.40. The zero-order chi connectivity index (χ0) is 19.5. The van der Waals surface area contributed by atoms with Gasteiger partial charge in [-0.2, -0.15) is 0 Å². The van der Waals surface area contributed by atoms with Gasteiger partial charge in [0.15, 0.2) is 0 Å². The van der Waals surface area contributed by atoms with Crippen LogP contribution in [0.3, 0.4) is 0 Å². The molecule has 152 valence electrons. The molecule has 0 radical (unpaired) electrons. The van der Waals surface area contributed by atoms with Crippen LogP contribution in [0, 0.1) is 13.8 Å². The minimum absolute atomic E-state index is 0.215. The molecule has 2 fully saturated rings. The van der Waals surface area contributed by atoms with Gasteiger partial charge in [-0.05, 0) is 75.1 Å². The highest BCUT2D eigenvalue weighted by molar-refractivity contribution is 7.67. The molecule has 0 atom stereocenters. The molecular formula is C25H36NOP. The predicted molar refractivity (Wildman–Crippen MR) is 122 cm³/mol. The third-order valence-corrected chi connectivity index (χ3v) is 10.5. The summed E-state index contributed by atoms with van der Waals surface area (Å²) < 4.78 is 8.50. The van der Waals surface area contributed by atoms with Gasteiger partial charge in [-0.1, -0.05) is 52.5 Å². The molecule has 3 heteroatoms. The second kappa shape index (κ2) is 9.04. The van der Waals surface area contributed by atoms with E-state index in [0.717, 1.165) is 17.1 Å². The second-order valence-electron chi connectivity index (χ2n) is 8.77. The molecule has 2 saturated carbocycles. The van der Waals surface area contributed by atoms with Crippen LogP contribution in [0.25, 0.3) is 5.69 Å². The molecule has 1 aromatic heterocycles. The van der Waals surface area contributed by atoms with Crippen LogP contribution in [0.4, 0.5) is 0 Å². The first-order valence-electron chi connectivity index (χ1n) is 11.3. The lowest BCUT2D eigenvalue weighted by atomic mass is 9.99. The van der Waals surface area contributed by atoms with Gasteiger partial charge in [0.25, 0.3) is 0 Å². The van der Waals surface area contributed by atoms with Crippen molar-refractivity contribution in [2.45, 2.75) is 89.4 Å². The zero-order valence-corrected chi connectivity index (χ0v) is 18.8. The maximum atomic E-state index is 6.03. The van der Waals surface area contributed by atoms with E-state index in [0.29, 0.717) is 0 Å². The van der Waals surface area contributed by atoms with E-state index < -0.39 is 0 Å². The third kappa shape index (κ3) is 3.90. The highest BCUT2D eigenvalue weighted by Crippen LogP contribution is 2.57. The van der Waals surface area contributed by atoms with Crippen molar-refractivity contribution in [3.8, 4) is 11.4 Å². The van der Waals surface area contributed by atoms with E-state index in [2.05, 4.69) is 48.7 Å². The third-order valence-electron chi connectivity index (χ3n) is 6.90. The molecule has 1 heterocycles. The van der Waals surface area contributed by atoms with E-state index in [-0.39, 0.29) is 7.92 Å². The largest absolute Gasteiger partial charge is 0.496 e. The van der Waals surface area contributed by atoms with Crippen LogP contribution in [0.15, 0.2) is 30.3 Å². The number of benzene rings is 1. The fraction of sp³-hybridized carbons (Fsp3) is 0.600. The molecule has 0 aliphatic heterocycles. The molecule has 0 spiro atoms. The van der Waals surface area contributed by atoms with Crippen LogP contribution in [0.1, 0.15) is 75.6 Å². The number of aromatic nitrogens is 1. The molecule has 2 aliphatic carbocycles. The molecule has 0 saturated heterocycles. The molecule has 2 aliphatic rings. The summed E-state index contributed by atoms with van der Waals surface area (Å²) in [6.45, 7) is 4.47. The fourth-order valence-corrected chi connectivity index (χ4v) is 9.57. The summed E-state index contributed by atoms with van der Waals surface area (Å²) in [5, 5.41) is 1.56. The minimum atomic E-state index is -0.215. The van der Waals surface area contributed by atoms with Crippen molar-refractivity contribution < 1.29 is 4.74 Å². The lowest BCUT2D eigenvalue weighted by molar-refractivity contribution is 0.417. The van der Waals surface area contributed by atoms with Crippen molar-refractivity contribution in [2.24, 2.45) is 0 Å². The smallest absolute Gasteiger partial charge is 0.128 e. The molecule has 2 nitrogen and oxygen atoms in total. The average molecular weight is 398 g/mol. The molecular weight excluding hydrogens is 361 g/mol. The van der Waals surface area contributed by atoms with Gasteiger partial charge in [-0.25, -0.2) is 0 Å². The van der Waals surface area contributed by atoms with E-state index >= 15 is 0 Å². The number of methoxy groups -OCH3 is 1. The first kappa shape index (κ1) is 20.0. The van der Waals surface area contributed by atoms with Crippen molar-refractivity contribution in [1.29, 1.82) is 0 Å². The van der Waals surface area contributed by atoms with Crippen LogP contribution >= 0.6 is 7.92 Å². The van der Waals surface area contributed by atoms with Gasteiger partial charge in [0.1, 0.15) is 5.75 Å². The summed E-state index contributed by atoms with van der Waals surface area (Å²) in [5.41, 5.74) is 5.79. The molecule has 0 unspecified atom stereocenters. The Morgan fingerprint density at radius 1 is 0.786 bits per heavy atom. The minimum Gasteiger partial charge on any atom is -0.496 e. The quantitative estimate of drug-likeness (QED) is 0.502. The van der Waals surface area contributed by atoms with Gasteiger partial charge in [0.2, 0.25) is 0 Å². The Balaban J connectivity index is 1.86. The SMILES string of the molecule is COc1cccc(-n2c(C)ccc2C)c1P(C1CCCCC1)C1CCCCC1. The van der Waals surface area contributed by atoms with E-state index in [1.807, 2.05) is 7.11 Å². The predicted octanol–water partition coefficient (Wildman–Crippen LogP) is 6.88. The normalized spacial score (nSPS) is 19.3. The van der Waals surface area contributed by atoms with Crippen LogP contribution in [-0.4, -0.2) is 23.0 Å². The Hall–Kier alpha value is -1.27. The Morgan fingerprint density at radius 3 is 1.82 bits per heavy atom. The van der Waals surface area contributed by atoms with Crippen molar-refractivity contribution in [1.82, 2.24) is 4.57 Å². The van der Waals surface area contributed by atoms with Gasteiger partial charge in [0, 0.05) is 16.7 Å². The van der Waals surface area contributed by atoms with E-state index in [4.69, 9.17) is 4.74 Å². The van der Waals surface area contributed by atoms with Crippen LogP contribution in [-0.2, 0) is 0 Å². The first-order chi connectivity index (χ1) is 13.7. The second-order valence-corrected chi connectivity index (χ2v) is 11.5. The first-order valence-corrected chi connectivity index (χ1v) is 12.8. The molecule has 1 aromatic carbocycles. The standard InChI is InChI=1S/C25H36NOP/c1-19-17-18-20(2)26(19)23-15-10-16-24(27-3)25(23)28(21-11-6-4-7-12-21)22-13-8-5-9-14-22/h10,15-18,21-22H,4-9,11-14H2,1-3H3. The maximum absolute atomic E-state index is 6.03. The van der Waals surface area contributed by atoms with E-state index in [9.17, 15) is 0 Å². The highest BCUT2D eigenvalue weighted by Gasteiger charge is 2.36. The van der Waals surface area contributed by atoms with Crippen molar-refractivity contribution in [2.75, 3.05) is 7.11 Å². The van der Waals surface area contributed by atoms with Gasteiger partial charge in [-0.15, -0.1) is 0 Å².